The molecule has 0 aliphatic carbocycles. The van der Waals surface area contributed by atoms with E-state index in [1.54, 1.807) is 23.1 Å². The van der Waals surface area contributed by atoms with Crippen molar-refractivity contribution in [1.82, 2.24) is 4.90 Å². The van der Waals surface area contributed by atoms with E-state index in [2.05, 4.69) is 12.2 Å². The molecule has 5 nitrogen and oxygen atoms in total. The lowest BCUT2D eigenvalue weighted by atomic mass is 10.00. The Morgan fingerprint density at radius 2 is 2.23 bits per heavy atom. The van der Waals surface area contributed by atoms with Gasteiger partial charge in [0, 0.05) is 18.8 Å². The Hall–Kier alpha value is -1.75. The van der Waals surface area contributed by atoms with E-state index in [1.165, 1.54) is 7.11 Å². The van der Waals surface area contributed by atoms with Crippen LogP contribution in [0.5, 0.6) is 5.75 Å². The monoisotopic (exact) mass is 324 g/mol. The molecular formula is C16H21ClN2O3. The van der Waals surface area contributed by atoms with Crippen molar-refractivity contribution >= 4 is 29.1 Å². The van der Waals surface area contributed by atoms with Gasteiger partial charge in [0.15, 0.2) is 0 Å². The fourth-order valence-electron chi connectivity index (χ4n) is 2.61. The lowest BCUT2D eigenvalue weighted by Crippen LogP contribution is -2.40. The highest BCUT2D eigenvalue weighted by molar-refractivity contribution is 6.32. The number of ether oxygens (including phenoxy) is 1. The van der Waals surface area contributed by atoms with Crippen molar-refractivity contribution in [3.63, 3.8) is 0 Å². The second-order valence-electron chi connectivity index (χ2n) is 5.66. The number of halogens is 1. The molecule has 1 heterocycles. The first-order valence-corrected chi connectivity index (χ1v) is 7.78. The predicted molar refractivity (Wildman–Crippen MR) is 86.2 cm³/mol. The number of methoxy groups -OCH3 is 1. The zero-order valence-electron chi connectivity index (χ0n) is 12.9. The average molecular weight is 325 g/mol. The van der Waals surface area contributed by atoms with Crippen LogP contribution in [0, 0.1) is 5.92 Å². The summed E-state index contributed by atoms with van der Waals surface area (Å²) in [5.74, 6) is 0.590. The van der Waals surface area contributed by atoms with Crippen LogP contribution in [-0.2, 0) is 9.59 Å². The fraction of sp³-hybridized carbons (Fsp3) is 0.500. The third kappa shape index (κ3) is 4.37. The van der Waals surface area contributed by atoms with Gasteiger partial charge in [0.1, 0.15) is 12.2 Å². The quantitative estimate of drug-likeness (QED) is 0.866. The highest BCUT2D eigenvalue weighted by Crippen LogP contribution is 2.27. The molecule has 1 aromatic rings. The van der Waals surface area contributed by atoms with Crippen molar-refractivity contribution in [3.8, 4) is 5.75 Å². The number of piperidine rings is 1. The zero-order chi connectivity index (χ0) is 16.1. The molecule has 1 atom stereocenters. The van der Waals surface area contributed by atoms with Crippen LogP contribution in [0.2, 0.25) is 5.02 Å². The molecule has 120 valence electrons. The smallest absolute Gasteiger partial charge is 0.233 e. The van der Waals surface area contributed by atoms with Crippen LogP contribution in [0.4, 0.5) is 5.69 Å². The molecule has 0 radical (unpaired) electrons. The molecule has 1 aliphatic heterocycles. The maximum Gasteiger partial charge on any atom is 0.233 e. The summed E-state index contributed by atoms with van der Waals surface area (Å²) in [5.41, 5.74) is 0.551. The number of carbonyl (C=O) groups excluding carboxylic acids is 2. The molecule has 1 N–H and O–H groups in total. The summed E-state index contributed by atoms with van der Waals surface area (Å²) in [4.78, 5) is 25.9. The van der Waals surface area contributed by atoms with Crippen LogP contribution < -0.4 is 10.1 Å². The van der Waals surface area contributed by atoms with Gasteiger partial charge in [-0.25, -0.2) is 0 Å². The molecular weight excluding hydrogens is 304 g/mol. The Kier molecular flexibility index (Phi) is 5.66. The largest absolute Gasteiger partial charge is 0.495 e. The first kappa shape index (κ1) is 16.6. The van der Waals surface area contributed by atoms with Gasteiger partial charge in [-0.1, -0.05) is 18.5 Å². The molecule has 0 saturated carbocycles. The van der Waals surface area contributed by atoms with Gasteiger partial charge in [-0.3, -0.25) is 9.59 Å². The Balaban J connectivity index is 1.89. The summed E-state index contributed by atoms with van der Waals surface area (Å²) >= 11 is 6.01. The lowest BCUT2D eigenvalue weighted by Gasteiger charge is -2.30. The molecule has 22 heavy (non-hydrogen) atoms. The van der Waals surface area contributed by atoms with Crippen molar-refractivity contribution < 1.29 is 14.3 Å². The number of anilines is 1. The van der Waals surface area contributed by atoms with Gasteiger partial charge < -0.3 is 15.0 Å². The number of likely N-dealkylation sites (tertiary alicyclic amines) is 1. The first-order chi connectivity index (χ1) is 10.5. The van der Waals surface area contributed by atoms with Crippen molar-refractivity contribution in [2.75, 3.05) is 25.5 Å². The number of benzene rings is 1. The average Bonchev–Trinajstić information content (AvgIpc) is 2.47. The van der Waals surface area contributed by atoms with E-state index in [9.17, 15) is 9.59 Å². The molecule has 1 saturated heterocycles. The summed E-state index contributed by atoms with van der Waals surface area (Å²) in [5, 5.41) is 3.10. The molecule has 0 spiro atoms. The van der Waals surface area contributed by atoms with Gasteiger partial charge in [0.05, 0.1) is 12.1 Å². The lowest BCUT2D eigenvalue weighted by molar-refractivity contribution is -0.136. The molecule has 1 aromatic carbocycles. The van der Waals surface area contributed by atoms with Gasteiger partial charge in [-0.15, -0.1) is 0 Å². The van der Waals surface area contributed by atoms with Crippen LogP contribution in [0.1, 0.15) is 26.2 Å². The van der Waals surface area contributed by atoms with Crippen molar-refractivity contribution in [3.05, 3.63) is 23.2 Å². The topological polar surface area (TPSA) is 58.6 Å². The van der Waals surface area contributed by atoms with E-state index >= 15 is 0 Å². The molecule has 1 aliphatic rings. The molecule has 1 fully saturated rings. The minimum absolute atomic E-state index is 0.122. The van der Waals surface area contributed by atoms with Crippen LogP contribution in [0.15, 0.2) is 18.2 Å². The molecule has 0 bridgehead atoms. The fourth-order valence-corrected chi connectivity index (χ4v) is 2.87. The van der Waals surface area contributed by atoms with Gasteiger partial charge in [0.2, 0.25) is 11.8 Å². The van der Waals surface area contributed by atoms with Crippen LogP contribution in [0.25, 0.3) is 0 Å². The normalized spacial score (nSPS) is 18.0. The van der Waals surface area contributed by atoms with Crippen LogP contribution >= 0.6 is 11.6 Å². The van der Waals surface area contributed by atoms with Crippen LogP contribution in [0.3, 0.4) is 0 Å². The minimum atomic E-state index is -0.329. The van der Waals surface area contributed by atoms with E-state index in [1.807, 2.05) is 0 Å². The highest BCUT2D eigenvalue weighted by Gasteiger charge is 2.22. The summed E-state index contributed by atoms with van der Waals surface area (Å²) in [7, 11) is 1.53. The van der Waals surface area contributed by atoms with Gasteiger partial charge in [-0.05, 0) is 37.0 Å². The molecule has 2 amide bonds. The second kappa shape index (κ2) is 7.49. The van der Waals surface area contributed by atoms with Crippen LogP contribution in [-0.4, -0.2) is 36.9 Å². The first-order valence-electron chi connectivity index (χ1n) is 7.40. The van der Waals surface area contributed by atoms with E-state index in [0.717, 1.165) is 25.9 Å². The summed E-state index contributed by atoms with van der Waals surface area (Å²) in [6.45, 7) is 3.60. The van der Waals surface area contributed by atoms with Crippen molar-refractivity contribution in [2.24, 2.45) is 5.92 Å². The number of carbonyl (C=O) groups is 2. The Labute approximate surface area is 135 Å². The predicted octanol–water partition coefficient (Wildman–Crippen LogP) is 2.94. The van der Waals surface area contributed by atoms with Gasteiger partial charge >= 0.3 is 0 Å². The number of amides is 2. The Bertz CT molecular complexity index is 562. The highest BCUT2D eigenvalue weighted by atomic mass is 35.5. The van der Waals surface area contributed by atoms with E-state index in [4.69, 9.17) is 16.3 Å². The summed E-state index contributed by atoms with van der Waals surface area (Å²) < 4.78 is 5.05. The number of nitrogens with zero attached hydrogens (tertiary/aromatic N) is 1. The number of hydrogen-bond donors (Lipinski definition) is 1. The molecule has 1 unspecified atom stereocenters. The number of rotatable bonds is 4. The molecule has 2 rings (SSSR count). The summed E-state index contributed by atoms with van der Waals surface area (Å²) in [6, 6.07) is 4.97. The zero-order valence-corrected chi connectivity index (χ0v) is 13.7. The van der Waals surface area contributed by atoms with Gasteiger partial charge in [0.25, 0.3) is 0 Å². The Morgan fingerprint density at radius 1 is 1.45 bits per heavy atom. The minimum Gasteiger partial charge on any atom is -0.495 e. The van der Waals surface area contributed by atoms with Crippen molar-refractivity contribution in [1.29, 1.82) is 0 Å². The van der Waals surface area contributed by atoms with E-state index < -0.39 is 0 Å². The third-order valence-corrected chi connectivity index (χ3v) is 4.05. The van der Waals surface area contributed by atoms with E-state index in [-0.39, 0.29) is 18.2 Å². The van der Waals surface area contributed by atoms with E-state index in [0.29, 0.717) is 22.4 Å². The maximum absolute atomic E-state index is 12.1. The Morgan fingerprint density at radius 3 is 2.86 bits per heavy atom. The number of nitrogens with one attached hydrogen (secondary N) is 1. The standard InChI is InChI=1S/C16H21ClN2O3/c1-11-4-3-7-19(10-11)16(21)9-15(20)18-12-5-6-14(22-2)13(17)8-12/h5-6,8,11H,3-4,7,9-10H2,1-2H3,(H,18,20). The SMILES string of the molecule is COc1ccc(NC(=O)CC(=O)N2CCCC(C)C2)cc1Cl. The third-order valence-electron chi connectivity index (χ3n) is 3.76. The van der Waals surface area contributed by atoms with Crippen molar-refractivity contribution in [2.45, 2.75) is 26.2 Å². The molecule has 0 aromatic heterocycles. The molecule has 6 heteroatoms. The van der Waals surface area contributed by atoms with Gasteiger partial charge in [-0.2, -0.15) is 0 Å². The number of hydrogen-bond acceptors (Lipinski definition) is 3. The second-order valence-corrected chi connectivity index (χ2v) is 6.07. The summed E-state index contributed by atoms with van der Waals surface area (Å²) in [6.07, 6.45) is 2.00. The maximum atomic E-state index is 12.1.